The van der Waals surface area contributed by atoms with Crippen LogP contribution >= 0.6 is 0 Å². The Hall–Kier alpha value is -0.160. The fourth-order valence-electron chi connectivity index (χ4n) is 0.847. The summed E-state index contributed by atoms with van der Waals surface area (Å²) in [5.41, 5.74) is 0. The molecule has 0 saturated heterocycles. The molecule has 0 aliphatic heterocycles. The maximum Gasteiger partial charge on any atom is 0.106 e. The Kier molecular flexibility index (Phi) is 12.7. The fourth-order valence-corrected chi connectivity index (χ4v) is 0.847. The Morgan fingerprint density at radius 2 is 1.29 bits per heavy atom. The second-order valence-electron chi connectivity index (χ2n) is 2.89. The number of hydrogen-bond donors (Lipinski definition) is 0. The Bertz CT molecular complexity index is 86.1. The van der Waals surface area contributed by atoms with Crippen LogP contribution in [0.5, 0.6) is 0 Å². The topological polar surface area (TPSA) is 47.6 Å². The minimum atomic E-state index is -0.180. The van der Waals surface area contributed by atoms with Crippen LogP contribution in [0.4, 0.5) is 0 Å². The molecular formula is C10H21O4. The summed E-state index contributed by atoms with van der Waals surface area (Å²) in [5.74, 6) is 0. The first-order chi connectivity index (χ1) is 6.91. The van der Waals surface area contributed by atoms with Crippen molar-refractivity contribution in [2.75, 3.05) is 46.2 Å². The first-order valence-electron chi connectivity index (χ1n) is 5.23. The van der Waals surface area contributed by atoms with E-state index in [0.717, 1.165) is 19.4 Å². The summed E-state index contributed by atoms with van der Waals surface area (Å²) >= 11 is 0. The van der Waals surface area contributed by atoms with Gasteiger partial charge in [-0.3, -0.25) is 0 Å². The molecule has 0 bridgehead atoms. The van der Waals surface area contributed by atoms with Gasteiger partial charge in [0.25, 0.3) is 0 Å². The first-order valence-corrected chi connectivity index (χ1v) is 5.23. The molecule has 4 nitrogen and oxygen atoms in total. The Morgan fingerprint density at radius 3 is 1.79 bits per heavy atom. The molecule has 0 amide bonds. The van der Waals surface area contributed by atoms with Crippen molar-refractivity contribution in [2.45, 2.75) is 19.8 Å². The summed E-state index contributed by atoms with van der Waals surface area (Å²) < 4.78 is 15.4. The summed E-state index contributed by atoms with van der Waals surface area (Å²) in [6, 6.07) is 0. The van der Waals surface area contributed by atoms with Crippen LogP contribution in [0.3, 0.4) is 0 Å². The van der Waals surface area contributed by atoms with E-state index in [-0.39, 0.29) is 13.2 Å². The van der Waals surface area contributed by atoms with E-state index in [4.69, 9.17) is 14.2 Å². The molecule has 0 aliphatic rings. The summed E-state index contributed by atoms with van der Waals surface area (Å²) in [6.07, 6.45) is 2.26. The van der Waals surface area contributed by atoms with Crippen LogP contribution in [0, 0.1) is 0 Å². The van der Waals surface area contributed by atoms with E-state index in [1.807, 2.05) is 0 Å². The minimum absolute atomic E-state index is 0.180. The van der Waals surface area contributed by atoms with Gasteiger partial charge >= 0.3 is 0 Å². The SMILES string of the molecule is CCCCOCCOCCOCC[O]. The number of unbranched alkanes of at least 4 members (excludes halogenated alkanes) is 1. The average Bonchev–Trinajstić information content (AvgIpc) is 2.21. The van der Waals surface area contributed by atoms with Crippen LogP contribution in [-0.2, 0) is 19.3 Å². The van der Waals surface area contributed by atoms with Crippen molar-refractivity contribution in [2.24, 2.45) is 0 Å². The molecule has 4 heteroatoms. The Labute approximate surface area is 86.2 Å². The lowest BCUT2D eigenvalue weighted by atomic mass is 10.4. The molecule has 0 aliphatic carbocycles. The van der Waals surface area contributed by atoms with E-state index in [2.05, 4.69) is 6.92 Å². The molecule has 0 saturated carbocycles. The van der Waals surface area contributed by atoms with E-state index in [0.29, 0.717) is 26.4 Å². The lowest BCUT2D eigenvalue weighted by molar-refractivity contribution is 0.00122. The normalized spacial score (nSPS) is 10.7. The smallest absolute Gasteiger partial charge is 0.106 e. The molecule has 0 aromatic rings. The van der Waals surface area contributed by atoms with Gasteiger partial charge in [0.2, 0.25) is 0 Å². The Morgan fingerprint density at radius 1 is 0.786 bits per heavy atom. The van der Waals surface area contributed by atoms with Gasteiger partial charge < -0.3 is 14.2 Å². The second kappa shape index (κ2) is 12.8. The van der Waals surface area contributed by atoms with E-state index >= 15 is 0 Å². The minimum Gasteiger partial charge on any atom is -0.379 e. The predicted octanol–water partition coefficient (Wildman–Crippen LogP) is 1.27. The van der Waals surface area contributed by atoms with Gasteiger partial charge in [-0.15, -0.1) is 0 Å². The molecule has 0 fully saturated rings. The number of ether oxygens (including phenoxy) is 3. The highest BCUT2D eigenvalue weighted by Crippen LogP contribution is 1.87. The van der Waals surface area contributed by atoms with Gasteiger partial charge in [0.05, 0.1) is 33.0 Å². The van der Waals surface area contributed by atoms with E-state index in [1.165, 1.54) is 0 Å². The zero-order valence-electron chi connectivity index (χ0n) is 9.00. The molecule has 0 heterocycles. The van der Waals surface area contributed by atoms with Crippen molar-refractivity contribution in [3.05, 3.63) is 0 Å². The highest BCUT2D eigenvalue weighted by Gasteiger charge is 1.90. The molecule has 0 unspecified atom stereocenters. The summed E-state index contributed by atoms with van der Waals surface area (Å²) in [7, 11) is 0. The monoisotopic (exact) mass is 205 g/mol. The zero-order chi connectivity index (χ0) is 10.5. The molecule has 0 rings (SSSR count). The predicted molar refractivity (Wildman–Crippen MR) is 52.9 cm³/mol. The van der Waals surface area contributed by atoms with Crippen LogP contribution < -0.4 is 0 Å². The van der Waals surface area contributed by atoms with Gasteiger partial charge in [-0.05, 0) is 6.42 Å². The fraction of sp³-hybridized carbons (Fsp3) is 1.00. The highest BCUT2D eigenvalue weighted by atomic mass is 16.5. The van der Waals surface area contributed by atoms with Gasteiger partial charge in [-0.2, -0.15) is 0 Å². The van der Waals surface area contributed by atoms with Crippen LogP contribution in [0.2, 0.25) is 0 Å². The third kappa shape index (κ3) is 11.8. The van der Waals surface area contributed by atoms with Crippen LogP contribution in [0.1, 0.15) is 19.8 Å². The largest absolute Gasteiger partial charge is 0.379 e. The third-order valence-corrected chi connectivity index (χ3v) is 1.61. The van der Waals surface area contributed by atoms with Gasteiger partial charge in [0, 0.05) is 6.61 Å². The maximum absolute atomic E-state index is 9.98. The van der Waals surface area contributed by atoms with Crippen molar-refractivity contribution in [1.29, 1.82) is 0 Å². The quantitative estimate of drug-likeness (QED) is 0.477. The van der Waals surface area contributed by atoms with Crippen molar-refractivity contribution >= 4 is 0 Å². The average molecular weight is 205 g/mol. The third-order valence-electron chi connectivity index (χ3n) is 1.61. The molecule has 0 aromatic carbocycles. The van der Waals surface area contributed by atoms with Crippen molar-refractivity contribution in [3.63, 3.8) is 0 Å². The molecule has 0 spiro atoms. The van der Waals surface area contributed by atoms with Gasteiger partial charge in [0.15, 0.2) is 0 Å². The molecular weight excluding hydrogens is 184 g/mol. The molecule has 0 aromatic heterocycles. The van der Waals surface area contributed by atoms with Crippen molar-refractivity contribution in [1.82, 2.24) is 0 Å². The van der Waals surface area contributed by atoms with Gasteiger partial charge in [0.1, 0.15) is 6.61 Å². The number of hydrogen-bond acceptors (Lipinski definition) is 3. The highest BCUT2D eigenvalue weighted by molar-refractivity contribution is 4.35. The summed E-state index contributed by atoms with van der Waals surface area (Å²) in [5, 5.41) is 9.98. The lowest BCUT2D eigenvalue weighted by Gasteiger charge is -2.05. The van der Waals surface area contributed by atoms with Gasteiger partial charge in [-0.1, -0.05) is 13.3 Å². The summed E-state index contributed by atoms with van der Waals surface area (Å²) in [6.45, 7) is 5.32. The maximum atomic E-state index is 9.98. The van der Waals surface area contributed by atoms with Crippen LogP contribution in [0.25, 0.3) is 0 Å². The van der Waals surface area contributed by atoms with Gasteiger partial charge in [-0.25, -0.2) is 5.11 Å². The van der Waals surface area contributed by atoms with E-state index in [1.54, 1.807) is 0 Å². The Balaban J connectivity index is 2.78. The second-order valence-corrected chi connectivity index (χ2v) is 2.89. The number of rotatable bonds is 11. The van der Waals surface area contributed by atoms with E-state index in [9.17, 15) is 5.11 Å². The summed E-state index contributed by atoms with van der Waals surface area (Å²) in [4.78, 5) is 0. The molecule has 1 radical (unpaired) electrons. The zero-order valence-corrected chi connectivity index (χ0v) is 9.00. The molecule has 0 atom stereocenters. The first kappa shape index (κ1) is 13.8. The molecule has 14 heavy (non-hydrogen) atoms. The van der Waals surface area contributed by atoms with E-state index < -0.39 is 0 Å². The van der Waals surface area contributed by atoms with Crippen LogP contribution in [-0.4, -0.2) is 46.2 Å². The van der Waals surface area contributed by atoms with Crippen molar-refractivity contribution in [3.8, 4) is 0 Å². The van der Waals surface area contributed by atoms with Crippen molar-refractivity contribution < 1.29 is 19.3 Å². The standard InChI is InChI=1S/C10H21O4/c1-2-3-5-12-7-9-14-10-8-13-6-4-11/h2-10H2,1H3. The molecule has 0 N–H and O–H groups in total. The lowest BCUT2D eigenvalue weighted by Crippen LogP contribution is -2.10. The van der Waals surface area contributed by atoms with Crippen LogP contribution in [0.15, 0.2) is 0 Å². The molecule has 85 valence electrons.